The first-order valence-electron chi connectivity index (χ1n) is 19.5. The Hall–Kier alpha value is -5.04. The molecule has 0 bridgehead atoms. The third-order valence-corrected chi connectivity index (χ3v) is 11.9. The van der Waals surface area contributed by atoms with E-state index in [-0.39, 0.29) is 11.8 Å². The molecule has 5 aromatic carbocycles. The minimum absolute atomic E-state index is 0.115. The lowest BCUT2D eigenvalue weighted by Gasteiger charge is -2.35. The minimum Gasteiger partial charge on any atom is -0.336 e. The zero-order chi connectivity index (χ0) is 37.9. The molecule has 0 aromatic heterocycles. The van der Waals surface area contributed by atoms with Crippen molar-refractivity contribution in [3.63, 3.8) is 0 Å². The number of benzene rings is 5. The van der Waals surface area contributed by atoms with Crippen LogP contribution in [0.5, 0.6) is 0 Å². The van der Waals surface area contributed by atoms with Gasteiger partial charge in [-0.2, -0.15) is 0 Å². The van der Waals surface area contributed by atoms with Crippen molar-refractivity contribution in [3.8, 4) is 22.3 Å². The summed E-state index contributed by atoms with van der Waals surface area (Å²) in [6, 6.07) is 34.1. The Morgan fingerprint density at radius 1 is 0.407 bits per heavy atom. The molecule has 278 valence electrons. The first-order valence-corrected chi connectivity index (χ1v) is 19.5. The smallest absolute Gasteiger partial charge is 0.253 e. The van der Waals surface area contributed by atoms with Crippen LogP contribution in [0.2, 0.25) is 0 Å². The van der Waals surface area contributed by atoms with Crippen LogP contribution in [-0.4, -0.2) is 83.8 Å². The second-order valence-electron chi connectivity index (χ2n) is 15.6. The molecule has 5 aromatic rings. The van der Waals surface area contributed by atoms with Gasteiger partial charge in [0.15, 0.2) is 0 Å². The van der Waals surface area contributed by atoms with Crippen molar-refractivity contribution in [2.24, 2.45) is 0 Å². The number of amides is 2. The molecular weight excluding hydrogens is 665 g/mol. The maximum Gasteiger partial charge on any atom is 0.253 e. The molecule has 2 aliphatic heterocycles. The summed E-state index contributed by atoms with van der Waals surface area (Å²) >= 11 is 0. The number of hydrogen-bond acceptors (Lipinski definition) is 4. The maximum absolute atomic E-state index is 13.3. The Balaban J connectivity index is 0.844. The largest absolute Gasteiger partial charge is 0.336 e. The topological polar surface area (TPSA) is 47.1 Å². The van der Waals surface area contributed by atoms with Gasteiger partial charge in [0.2, 0.25) is 0 Å². The fourth-order valence-electron chi connectivity index (χ4n) is 7.86. The lowest BCUT2D eigenvalue weighted by atomic mass is 9.96. The number of rotatable bonds is 8. The molecule has 0 N–H and O–H groups in total. The third kappa shape index (κ3) is 8.36. The van der Waals surface area contributed by atoms with E-state index in [1.165, 1.54) is 55.6 Å². The summed E-state index contributed by atoms with van der Waals surface area (Å²) in [4.78, 5) is 35.6. The monoisotopic (exact) mass is 718 g/mol. The van der Waals surface area contributed by atoms with Crippen molar-refractivity contribution in [3.05, 3.63) is 153 Å². The molecule has 2 aliphatic rings. The molecule has 2 heterocycles. The van der Waals surface area contributed by atoms with Crippen molar-refractivity contribution >= 4 is 11.8 Å². The second-order valence-corrected chi connectivity index (χ2v) is 15.6. The van der Waals surface area contributed by atoms with Gasteiger partial charge in [0.1, 0.15) is 0 Å². The second kappa shape index (κ2) is 16.1. The summed E-state index contributed by atoms with van der Waals surface area (Å²) in [6.07, 6.45) is 0. The zero-order valence-corrected chi connectivity index (χ0v) is 32.9. The van der Waals surface area contributed by atoms with Crippen LogP contribution in [0.3, 0.4) is 0 Å². The summed E-state index contributed by atoms with van der Waals surface area (Å²) in [6.45, 7) is 21.1. The SMILES string of the molecule is Cc1cc(-c2ccc(C(=O)N3CCN(Cc4ccc(CN5CCN(C(=O)c6ccc(-c7cc(C)c(C)c(C)c7)cc6)CC5)cc4)CC3)cc2)cc(C)c1C. The van der Waals surface area contributed by atoms with Gasteiger partial charge in [-0.05, 0) is 133 Å². The van der Waals surface area contributed by atoms with Crippen molar-refractivity contribution in [2.75, 3.05) is 52.4 Å². The summed E-state index contributed by atoms with van der Waals surface area (Å²) in [7, 11) is 0. The van der Waals surface area contributed by atoms with E-state index in [1.807, 2.05) is 34.1 Å². The lowest BCUT2D eigenvalue weighted by molar-refractivity contribution is 0.0620. The quantitative estimate of drug-likeness (QED) is 0.161. The molecule has 6 heteroatoms. The highest BCUT2D eigenvalue weighted by molar-refractivity contribution is 5.95. The number of piperazine rings is 2. The van der Waals surface area contributed by atoms with E-state index in [9.17, 15) is 9.59 Å². The van der Waals surface area contributed by atoms with Crippen LogP contribution in [0.15, 0.2) is 97.1 Å². The summed E-state index contributed by atoms with van der Waals surface area (Å²) < 4.78 is 0. The maximum atomic E-state index is 13.3. The lowest BCUT2D eigenvalue weighted by Crippen LogP contribution is -2.48. The van der Waals surface area contributed by atoms with Gasteiger partial charge in [-0.25, -0.2) is 0 Å². The predicted octanol–water partition coefficient (Wildman–Crippen LogP) is 8.79. The Morgan fingerprint density at radius 2 is 0.704 bits per heavy atom. The Morgan fingerprint density at radius 3 is 1.00 bits per heavy atom. The Labute approximate surface area is 322 Å². The van der Waals surface area contributed by atoms with E-state index in [4.69, 9.17) is 0 Å². The van der Waals surface area contributed by atoms with E-state index in [0.717, 1.165) is 87.7 Å². The fraction of sp³-hybridized carbons (Fsp3) is 0.333. The first-order chi connectivity index (χ1) is 26.0. The highest BCUT2D eigenvalue weighted by Crippen LogP contribution is 2.27. The van der Waals surface area contributed by atoms with Gasteiger partial charge in [0.05, 0.1) is 0 Å². The molecular formula is C48H54N4O2. The average Bonchev–Trinajstić information content (AvgIpc) is 3.19. The Bertz CT molecular complexity index is 1920. The fourth-order valence-corrected chi connectivity index (χ4v) is 7.86. The van der Waals surface area contributed by atoms with Crippen LogP contribution in [0.4, 0.5) is 0 Å². The number of carbonyl (C=O) groups is 2. The molecule has 2 fully saturated rings. The molecule has 0 atom stereocenters. The summed E-state index contributed by atoms with van der Waals surface area (Å²) in [5.41, 5.74) is 16.6. The van der Waals surface area contributed by atoms with Gasteiger partial charge in [0.25, 0.3) is 11.8 Å². The number of carbonyl (C=O) groups excluding carboxylic acids is 2. The van der Waals surface area contributed by atoms with Crippen molar-refractivity contribution in [1.29, 1.82) is 0 Å². The normalized spacial score (nSPS) is 15.4. The van der Waals surface area contributed by atoms with Crippen LogP contribution in [0, 0.1) is 41.5 Å². The van der Waals surface area contributed by atoms with Crippen molar-refractivity contribution < 1.29 is 9.59 Å². The molecule has 54 heavy (non-hydrogen) atoms. The van der Waals surface area contributed by atoms with E-state index < -0.39 is 0 Å². The zero-order valence-electron chi connectivity index (χ0n) is 32.9. The van der Waals surface area contributed by atoms with Gasteiger partial charge in [-0.1, -0.05) is 72.8 Å². The van der Waals surface area contributed by atoms with Gasteiger partial charge < -0.3 is 9.80 Å². The van der Waals surface area contributed by atoms with E-state index in [2.05, 4.69) is 124 Å². The minimum atomic E-state index is 0.115. The van der Waals surface area contributed by atoms with Crippen LogP contribution in [-0.2, 0) is 13.1 Å². The number of nitrogens with zero attached hydrogens (tertiary/aromatic N) is 4. The van der Waals surface area contributed by atoms with Crippen molar-refractivity contribution in [1.82, 2.24) is 19.6 Å². The predicted molar refractivity (Wildman–Crippen MR) is 221 cm³/mol. The summed E-state index contributed by atoms with van der Waals surface area (Å²) in [5, 5.41) is 0. The van der Waals surface area contributed by atoms with E-state index in [1.54, 1.807) is 0 Å². The van der Waals surface area contributed by atoms with E-state index in [0.29, 0.717) is 0 Å². The van der Waals surface area contributed by atoms with Gasteiger partial charge in [-0.3, -0.25) is 19.4 Å². The highest BCUT2D eigenvalue weighted by atomic mass is 16.2. The standard InChI is InChI=1S/C48H54N4O2/c1-33-27-45(28-34(2)37(33)5)41-11-15-43(16-12-41)47(53)51-23-19-49(20-24-51)31-39-7-9-40(10-8-39)32-50-21-25-52(26-22-50)48(54)44-17-13-42(14-18-44)46-29-35(3)38(6)36(4)30-46/h7-18,27-30H,19-26,31-32H2,1-6H3. The first kappa shape index (κ1) is 37.3. The van der Waals surface area contributed by atoms with Gasteiger partial charge in [-0.15, -0.1) is 0 Å². The molecule has 0 unspecified atom stereocenters. The molecule has 2 saturated heterocycles. The molecule has 0 aliphatic carbocycles. The Kier molecular flexibility index (Phi) is 11.1. The highest BCUT2D eigenvalue weighted by Gasteiger charge is 2.24. The van der Waals surface area contributed by atoms with Crippen LogP contribution >= 0.6 is 0 Å². The molecule has 0 saturated carbocycles. The van der Waals surface area contributed by atoms with Crippen LogP contribution in [0.25, 0.3) is 22.3 Å². The van der Waals surface area contributed by atoms with Gasteiger partial charge >= 0.3 is 0 Å². The van der Waals surface area contributed by atoms with E-state index >= 15 is 0 Å². The molecule has 6 nitrogen and oxygen atoms in total. The molecule has 2 amide bonds. The van der Waals surface area contributed by atoms with Gasteiger partial charge in [0, 0.05) is 76.6 Å². The molecule has 0 radical (unpaired) electrons. The summed E-state index contributed by atoms with van der Waals surface area (Å²) in [5.74, 6) is 0.231. The molecule has 7 rings (SSSR count). The number of hydrogen-bond donors (Lipinski definition) is 0. The number of aryl methyl sites for hydroxylation is 4. The van der Waals surface area contributed by atoms with Crippen LogP contribution < -0.4 is 0 Å². The molecule has 0 spiro atoms. The van der Waals surface area contributed by atoms with Crippen molar-refractivity contribution in [2.45, 2.75) is 54.6 Å². The van der Waals surface area contributed by atoms with Crippen LogP contribution in [0.1, 0.15) is 65.2 Å². The average molecular weight is 719 g/mol. The third-order valence-electron chi connectivity index (χ3n) is 11.9.